The van der Waals surface area contributed by atoms with E-state index < -0.39 is 29.3 Å². The predicted molar refractivity (Wildman–Crippen MR) is 105 cm³/mol. The number of hydrogen-bond donors (Lipinski definition) is 3. The number of hydrogen-bond acceptors (Lipinski definition) is 5. The zero-order valence-electron chi connectivity index (χ0n) is 16.2. The number of amides is 3. The van der Waals surface area contributed by atoms with Gasteiger partial charge in [-0.15, -0.1) is 0 Å². The van der Waals surface area contributed by atoms with Crippen molar-refractivity contribution >= 4 is 29.3 Å². The average molecular weight is 403 g/mol. The predicted octanol–water partition coefficient (Wildman–Crippen LogP) is 3.29. The fourth-order valence-electron chi connectivity index (χ4n) is 2.19. The van der Waals surface area contributed by atoms with Crippen molar-refractivity contribution in [3.05, 3.63) is 53.8 Å². The van der Waals surface area contributed by atoms with Crippen LogP contribution in [0.4, 0.5) is 20.6 Å². The summed E-state index contributed by atoms with van der Waals surface area (Å²) < 4.78 is 24.1. The summed E-state index contributed by atoms with van der Waals surface area (Å²) in [5.74, 6) is -1.42. The molecule has 0 bridgehead atoms. The molecular weight excluding hydrogens is 381 g/mol. The van der Waals surface area contributed by atoms with E-state index in [9.17, 15) is 18.8 Å². The molecule has 0 radical (unpaired) electrons. The molecule has 0 spiro atoms. The van der Waals surface area contributed by atoms with Gasteiger partial charge in [0.25, 0.3) is 5.91 Å². The Morgan fingerprint density at radius 2 is 1.66 bits per heavy atom. The lowest BCUT2D eigenvalue weighted by molar-refractivity contribution is -0.118. The van der Waals surface area contributed by atoms with Crippen LogP contribution in [-0.2, 0) is 9.53 Å². The minimum absolute atomic E-state index is 0.0496. The number of rotatable bonds is 6. The highest BCUT2D eigenvalue weighted by Gasteiger charge is 2.18. The van der Waals surface area contributed by atoms with Crippen molar-refractivity contribution < 1.29 is 28.2 Å². The quantitative estimate of drug-likeness (QED) is 0.684. The maximum absolute atomic E-state index is 13.6. The van der Waals surface area contributed by atoms with Crippen LogP contribution in [0, 0.1) is 5.82 Å². The van der Waals surface area contributed by atoms with Crippen molar-refractivity contribution in [2.75, 3.05) is 17.2 Å². The molecule has 2 aromatic carbocycles. The van der Waals surface area contributed by atoms with Gasteiger partial charge < -0.3 is 20.5 Å². The minimum atomic E-state index is -0.745. The number of carbonyl (C=O) groups excluding carboxylic acids is 3. The Balaban J connectivity index is 2.00. The number of anilines is 2. The molecule has 0 aliphatic carbocycles. The van der Waals surface area contributed by atoms with E-state index in [4.69, 9.17) is 15.2 Å². The molecule has 0 aromatic heterocycles. The highest BCUT2D eigenvalue weighted by atomic mass is 19.1. The standard InChI is InChI=1S/C20H22FN3O5/c1-20(2,3)29-19(27)24-15-9-6-13(21)10-16(15)23-17(25)11-28-14-7-4-12(5-8-14)18(22)26/h4-10H,11H2,1-3H3,(H2,22,26)(H,23,25)(H,24,27). The van der Waals surface area contributed by atoms with Gasteiger partial charge in [0.1, 0.15) is 17.2 Å². The number of nitrogens with one attached hydrogen (secondary N) is 2. The fourth-order valence-corrected chi connectivity index (χ4v) is 2.19. The smallest absolute Gasteiger partial charge is 0.412 e. The normalized spacial score (nSPS) is 10.8. The third kappa shape index (κ3) is 7.13. The first kappa shape index (κ1) is 21.7. The molecule has 0 saturated heterocycles. The summed E-state index contributed by atoms with van der Waals surface area (Å²) >= 11 is 0. The van der Waals surface area contributed by atoms with E-state index >= 15 is 0 Å². The molecule has 29 heavy (non-hydrogen) atoms. The maximum Gasteiger partial charge on any atom is 0.412 e. The lowest BCUT2D eigenvalue weighted by atomic mass is 10.2. The van der Waals surface area contributed by atoms with Gasteiger partial charge in [-0.25, -0.2) is 9.18 Å². The van der Waals surface area contributed by atoms with E-state index in [0.717, 1.165) is 12.1 Å². The van der Waals surface area contributed by atoms with Crippen molar-refractivity contribution in [1.29, 1.82) is 0 Å². The van der Waals surface area contributed by atoms with Crippen LogP contribution >= 0.6 is 0 Å². The van der Waals surface area contributed by atoms with Crippen LogP contribution in [0.3, 0.4) is 0 Å². The average Bonchev–Trinajstić information content (AvgIpc) is 2.61. The molecule has 3 amide bonds. The van der Waals surface area contributed by atoms with Crippen LogP contribution < -0.4 is 21.1 Å². The van der Waals surface area contributed by atoms with E-state index in [1.54, 1.807) is 20.8 Å². The van der Waals surface area contributed by atoms with Crippen LogP contribution in [0.15, 0.2) is 42.5 Å². The monoisotopic (exact) mass is 403 g/mol. The van der Waals surface area contributed by atoms with E-state index in [1.807, 2.05) is 0 Å². The molecule has 0 aliphatic rings. The topological polar surface area (TPSA) is 120 Å². The molecule has 2 aromatic rings. The van der Waals surface area contributed by atoms with Crippen molar-refractivity contribution in [2.45, 2.75) is 26.4 Å². The molecule has 2 rings (SSSR count). The summed E-state index contributed by atoms with van der Waals surface area (Å²) in [4.78, 5) is 35.1. The first-order chi connectivity index (χ1) is 13.5. The second-order valence-electron chi connectivity index (χ2n) is 7.04. The molecule has 0 atom stereocenters. The molecule has 0 heterocycles. The van der Waals surface area contributed by atoms with Gasteiger partial charge in [0, 0.05) is 5.56 Å². The van der Waals surface area contributed by atoms with E-state index in [-0.39, 0.29) is 18.0 Å². The summed E-state index contributed by atoms with van der Waals surface area (Å²) in [6.07, 6.45) is -0.745. The van der Waals surface area contributed by atoms with Crippen molar-refractivity contribution in [3.8, 4) is 5.75 Å². The van der Waals surface area contributed by atoms with Gasteiger partial charge in [0.15, 0.2) is 6.61 Å². The number of primary amides is 1. The van der Waals surface area contributed by atoms with Crippen molar-refractivity contribution in [1.82, 2.24) is 0 Å². The third-order valence-corrected chi connectivity index (χ3v) is 3.40. The van der Waals surface area contributed by atoms with Gasteiger partial charge in [-0.3, -0.25) is 14.9 Å². The van der Waals surface area contributed by atoms with Gasteiger partial charge in [0.2, 0.25) is 5.91 Å². The first-order valence-corrected chi connectivity index (χ1v) is 8.65. The number of benzene rings is 2. The van der Waals surface area contributed by atoms with Crippen molar-refractivity contribution in [2.24, 2.45) is 5.73 Å². The van der Waals surface area contributed by atoms with E-state index in [0.29, 0.717) is 11.3 Å². The molecule has 154 valence electrons. The summed E-state index contributed by atoms with van der Waals surface area (Å²) in [6, 6.07) is 9.41. The first-order valence-electron chi connectivity index (χ1n) is 8.65. The zero-order valence-corrected chi connectivity index (χ0v) is 16.2. The number of ether oxygens (including phenoxy) is 2. The van der Waals surface area contributed by atoms with Gasteiger partial charge in [-0.1, -0.05) is 0 Å². The van der Waals surface area contributed by atoms with Crippen LogP contribution in [0.5, 0.6) is 5.75 Å². The molecule has 0 aliphatic heterocycles. The molecule has 4 N–H and O–H groups in total. The van der Waals surface area contributed by atoms with E-state index in [2.05, 4.69) is 10.6 Å². The number of halogens is 1. The Morgan fingerprint density at radius 3 is 2.24 bits per heavy atom. The molecule has 0 unspecified atom stereocenters. The van der Waals surface area contributed by atoms with Gasteiger partial charge >= 0.3 is 6.09 Å². The zero-order chi connectivity index (χ0) is 21.6. The molecule has 0 fully saturated rings. The van der Waals surface area contributed by atoms with E-state index in [1.165, 1.54) is 30.3 Å². The van der Waals surface area contributed by atoms with Gasteiger partial charge in [0.05, 0.1) is 11.4 Å². The largest absolute Gasteiger partial charge is 0.484 e. The highest BCUT2D eigenvalue weighted by Crippen LogP contribution is 2.24. The maximum atomic E-state index is 13.6. The lowest BCUT2D eigenvalue weighted by Gasteiger charge is -2.20. The Morgan fingerprint density at radius 1 is 1.00 bits per heavy atom. The fraction of sp³-hybridized carbons (Fsp3) is 0.250. The lowest BCUT2D eigenvalue weighted by Crippen LogP contribution is -2.28. The Bertz CT molecular complexity index is 907. The van der Waals surface area contributed by atoms with Gasteiger partial charge in [-0.05, 0) is 63.2 Å². The SMILES string of the molecule is CC(C)(C)OC(=O)Nc1ccc(F)cc1NC(=O)COc1ccc(C(N)=O)cc1. The summed E-state index contributed by atoms with van der Waals surface area (Å²) in [5, 5.41) is 4.93. The summed E-state index contributed by atoms with van der Waals surface area (Å²) in [5.41, 5.74) is 4.96. The second-order valence-corrected chi connectivity index (χ2v) is 7.04. The number of nitrogens with two attached hydrogens (primary N) is 1. The molecular formula is C20H22FN3O5. The number of carbonyl (C=O) groups is 3. The highest BCUT2D eigenvalue weighted by molar-refractivity contribution is 5.98. The molecule has 0 saturated carbocycles. The van der Waals surface area contributed by atoms with Crippen LogP contribution in [-0.4, -0.2) is 30.1 Å². The van der Waals surface area contributed by atoms with Crippen LogP contribution in [0.1, 0.15) is 31.1 Å². The molecule has 8 nitrogen and oxygen atoms in total. The second kappa shape index (κ2) is 9.05. The molecule has 9 heteroatoms. The third-order valence-electron chi connectivity index (χ3n) is 3.40. The summed E-state index contributed by atoms with van der Waals surface area (Å²) in [6.45, 7) is 4.73. The Kier molecular flexibility index (Phi) is 6.76. The Hall–Kier alpha value is -3.62. The Labute approximate surface area is 167 Å². The summed E-state index contributed by atoms with van der Waals surface area (Å²) in [7, 11) is 0. The minimum Gasteiger partial charge on any atom is -0.484 e. The van der Waals surface area contributed by atoms with Crippen LogP contribution in [0.25, 0.3) is 0 Å². The van der Waals surface area contributed by atoms with Crippen LogP contribution in [0.2, 0.25) is 0 Å². The van der Waals surface area contributed by atoms with Crippen molar-refractivity contribution in [3.63, 3.8) is 0 Å². The van der Waals surface area contributed by atoms with Gasteiger partial charge in [-0.2, -0.15) is 0 Å².